The zero-order valence-electron chi connectivity index (χ0n) is 20.5. The summed E-state index contributed by atoms with van der Waals surface area (Å²) in [5.41, 5.74) is 0.950. The molecule has 3 aromatic rings. The van der Waals surface area contributed by atoms with E-state index >= 15 is 0 Å². The maximum Gasteiger partial charge on any atom is 0.295 e. The van der Waals surface area contributed by atoms with Crippen molar-refractivity contribution in [1.29, 1.82) is 0 Å². The molecular formula is C27H29N3O6. The van der Waals surface area contributed by atoms with Crippen LogP contribution in [-0.4, -0.2) is 58.6 Å². The Balaban J connectivity index is 1.79. The monoisotopic (exact) mass is 491 g/mol. The molecule has 1 aliphatic heterocycles. The first-order chi connectivity index (χ1) is 17.5. The fraction of sp³-hybridized carbons (Fsp3) is 0.296. The standard InChI is InChI=1S/C27H29N3O6/c1-4-36-19-8-6-18(7-9-19)25(31)23-24(21-16-20(34-2)10-11-22(21)35-3)30(27(33)26(23)32)14-5-13-29-15-12-28-17-29/h6-12,15-17,24,31H,4-5,13-14H2,1-3H3/b25-23+/t24-/m1/s1. The molecule has 2 heterocycles. The number of rotatable bonds is 10. The van der Waals surface area contributed by atoms with Gasteiger partial charge in [-0.25, -0.2) is 4.98 Å². The number of hydrogen-bond acceptors (Lipinski definition) is 7. The lowest BCUT2D eigenvalue weighted by molar-refractivity contribution is -0.140. The second-order valence-electron chi connectivity index (χ2n) is 8.21. The predicted octanol–water partition coefficient (Wildman–Crippen LogP) is 3.81. The first-order valence-electron chi connectivity index (χ1n) is 11.7. The highest BCUT2D eigenvalue weighted by molar-refractivity contribution is 6.46. The van der Waals surface area contributed by atoms with Crippen LogP contribution in [0.25, 0.3) is 5.76 Å². The average molecular weight is 492 g/mol. The van der Waals surface area contributed by atoms with Crippen LogP contribution in [0.3, 0.4) is 0 Å². The Labute approximate surface area is 209 Å². The molecule has 1 saturated heterocycles. The number of ketones is 1. The van der Waals surface area contributed by atoms with Gasteiger partial charge >= 0.3 is 0 Å². The number of aromatic nitrogens is 2. The molecule has 9 nitrogen and oxygen atoms in total. The molecule has 4 rings (SSSR count). The quantitative estimate of drug-likeness (QED) is 0.261. The van der Waals surface area contributed by atoms with Crippen molar-refractivity contribution in [3.63, 3.8) is 0 Å². The van der Waals surface area contributed by atoms with Crippen molar-refractivity contribution in [3.8, 4) is 17.2 Å². The van der Waals surface area contributed by atoms with Gasteiger partial charge in [-0.05, 0) is 55.8 Å². The van der Waals surface area contributed by atoms with Gasteiger partial charge < -0.3 is 28.8 Å². The summed E-state index contributed by atoms with van der Waals surface area (Å²) in [6, 6.07) is 11.1. The van der Waals surface area contributed by atoms with Crippen LogP contribution in [0.2, 0.25) is 0 Å². The fourth-order valence-electron chi connectivity index (χ4n) is 4.36. The van der Waals surface area contributed by atoms with Gasteiger partial charge in [0.05, 0.1) is 38.8 Å². The van der Waals surface area contributed by atoms with Crippen molar-refractivity contribution in [2.24, 2.45) is 0 Å². The number of ether oxygens (including phenoxy) is 3. The topological polar surface area (TPSA) is 103 Å². The number of likely N-dealkylation sites (tertiary alicyclic amines) is 1. The third kappa shape index (κ3) is 4.91. The number of Topliss-reactive ketones (excluding diaryl/α,β-unsaturated/α-hetero) is 1. The molecule has 36 heavy (non-hydrogen) atoms. The number of hydrogen-bond donors (Lipinski definition) is 1. The lowest BCUT2D eigenvalue weighted by Crippen LogP contribution is -2.31. The molecule has 1 aromatic heterocycles. The van der Waals surface area contributed by atoms with Gasteiger partial charge in [-0.1, -0.05) is 0 Å². The summed E-state index contributed by atoms with van der Waals surface area (Å²) in [4.78, 5) is 32.1. The van der Waals surface area contributed by atoms with Crippen LogP contribution in [0.1, 0.15) is 30.5 Å². The van der Waals surface area contributed by atoms with E-state index in [9.17, 15) is 14.7 Å². The van der Waals surface area contributed by atoms with Crippen molar-refractivity contribution >= 4 is 17.4 Å². The van der Waals surface area contributed by atoms with Crippen molar-refractivity contribution in [2.45, 2.75) is 25.9 Å². The zero-order valence-corrected chi connectivity index (χ0v) is 20.5. The average Bonchev–Trinajstić information content (AvgIpc) is 3.51. The number of aliphatic hydroxyl groups excluding tert-OH is 1. The van der Waals surface area contributed by atoms with Crippen molar-refractivity contribution in [3.05, 3.63) is 77.9 Å². The summed E-state index contributed by atoms with van der Waals surface area (Å²) in [6.45, 7) is 3.28. The van der Waals surface area contributed by atoms with Gasteiger partial charge in [0.1, 0.15) is 23.0 Å². The van der Waals surface area contributed by atoms with Crippen LogP contribution in [0.15, 0.2) is 66.8 Å². The largest absolute Gasteiger partial charge is 0.507 e. The highest BCUT2D eigenvalue weighted by Crippen LogP contribution is 2.44. The molecule has 9 heteroatoms. The van der Waals surface area contributed by atoms with E-state index in [1.807, 2.05) is 17.7 Å². The molecule has 0 spiro atoms. The maximum absolute atomic E-state index is 13.3. The zero-order chi connectivity index (χ0) is 25.7. The van der Waals surface area contributed by atoms with Crippen molar-refractivity contribution < 1.29 is 28.9 Å². The Bertz CT molecular complexity index is 1250. The van der Waals surface area contributed by atoms with E-state index < -0.39 is 17.7 Å². The number of carbonyl (C=O) groups is 2. The van der Waals surface area contributed by atoms with Crippen LogP contribution in [0, 0.1) is 0 Å². The van der Waals surface area contributed by atoms with Crippen LogP contribution < -0.4 is 14.2 Å². The van der Waals surface area contributed by atoms with Gasteiger partial charge in [0.15, 0.2) is 0 Å². The lowest BCUT2D eigenvalue weighted by atomic mass is 9.94. The first kappa shape index (κ1) is 24.8. The summed E-state index contributed by atoms with van der Waals surface area (Å²) in [6.07, 6.45) is 5.80. The van der Waals surface area contributed by atoms with Gasteiger partial charge in [0.25, 0.3) is 11.7 Å². The molecule has 1 aliphatic rings. The Hall–Kier alpha value is -4.27. The molecule has 0 radical (unpaired) electrons. The number of aliphatic hydroxyl groups is 1. The van der Waals surface area contributed by atoms with E-state index in [-0.39, 0.29) is 17.9 Å². The summed E-state index contributed by atoms with van der Waals surface area (Å²) in [5, 5.41) is 11.3. The lowest BCUT2D eigenvalue weighted by Gasteiger charge is -2.27. The van der Waals surface area contributed by atoms with E-state index in [2.05, 4.69) is 4.98 Å². The van der Waals surface area contributed by atoms with Crippen LogP contribution in [0.5, 0.6) is 17.2 Å². The van der Waals surface area contributed by atoms with Gasteiger partial charge in [0, 0.05) is 36.6 Å². The highest BCUT2D eigenvalue weighted by atomic mass is 16.5. The highest BCUT2D eigenvalue weighted by Gasteiger charge is 2.47. The van der Waals surface area contributed by atoms with Gasteiger partial charge in [-0.3, -0.25) is 9.59 Å². The van der Waals surface area contributed by atoms with Crippen LogP contribution >= 0.6 is 0 Å². The number of nitrogens with zero attached hydrogens (tertiary/aromatic N) is 3. The van der Waals surface area contributed by atoms with Gasteiger partial charge in [0.2, 0.25) is 0 Å². The van der Waals surface area contributed by atoms with Crippen molar-refractivity contribution in [1.82, 2.24) is 14.5 Å². The minimum Gasteiger partial charge on any atom is -0.507 e. The normalized spacial score (nSPS) is 16.9. The van der Waals surface area contributed by atoms with E-state index in [1.165, 1.54) is 19.1 Å². The molecule has 1 N–H and O–H groups in total. The minimum atomic E-state index is -0.857. The number of aryl methyl sites for hydroxylation is 1. The van der Waals surface area contributed by atoms with Crippen LogP contribution in [-0.2, 0) is 16.1 Å². The Morgan fingerprint density at radius 2 is 1.78 bits per heavy atom. The number of imidazole rings is 1. The molecule has 2 aromatic carbocycles. The van der Waals surface area contributed by atoms with Crippen molar-refractivity contribution in [2.75, 3.05) is 27.4 Å². The summed E-state index contributed by atoms with van der Waals surface area (Å²) in [5.74, 6) is -0.0407. The third-order valence-electron chi connectivity index (χ3n) is 6.08. The number of amides is 1. The SMILES string of the molecule is CCOc1ccc(/C(O)=C2\C(=O)C(=O)N(CCCn3ccnc3)[C@@H]2c2cc(OC)ccc2OC)cc1. The number of benzene rings is 2. The second-order valence-corrected chi connectivity index (χ2v) is 8.21. The molecule has 1 fully saturated rings. The number of methoxy groups -OCH3 is 2. The predicted molar refractivity (Wildman–Crippen MR) is 133 cm³/mol. The van der Waals surface area contributed by atoms with Crippen LogP contribution in [0.4, 0.5) is 0 Å². The van der Waals surface area contributed by atoms with E-state index in [0.29, 0.717) is 47.9 Å². The molecule has 0 aliphatic carbocycles. The fourth-order valence-corrected chi connectivity index (χ4v) is 4.36. The molecule has 188 valence electrons. The van der Waals surface area contributed by atoms with E-state index in [1.54, 1.807) is 55.0 Å². The molecule has 0 bridgehead atoms. The molecule has 1 amide bonds. The summed E-state index contributed by atoms with van der Waals surface area (Å²) in [7, 11) is 3.05. The van der Waals surface area contributed by atoms with Gasteiger partial charge in [-0.15, -0.1) is 0 Å². The second kappa shape index (κ2) is 11.0. The van der Waals surface area contributed by atoms with E-state index in [4.69, 9.17) is 14.2 Å². The maximum atomic E-state index is 13.3. The summed E-state index contributed by atoms with van der Waals surface area (Å²) >= 11 is 0. The minimum absolute atomic E-state index is 0.00153. The third-order valence-corrected chi connectivity index (χ3v) is 6.08. The molecule has 0 saturated carbocycles. The molecule has 1 atom stereocenters. The Morgan fingerprint density at radius 3 is 2.42 bits per heavy atom. The Morgan fingerprint density at radius 1 is 1.03 bits per heavy atom. The smallest absolute Gasteiger partial charge is 0.295 e. The van der Waals surface area contributed by atoms with E-state index in [0.717, 1.165) is 0 Å². The molecular weight excluding hydrogens is 462 g/mol. The molecule has 0 unspecified atom stereocenters. The number of carbonyl (C=O) groups excluding carboxylic acids is 2. The summed E-state index contributed by atoms with van der Waals surface area (Å²) < 4.78 is 18.4. The van der Waals surface area contributed by atoms with Gasteiger partial charge in [-0.2, -0.15) is 0 Å². The Kier molecular flexibility index (Phi) is 7.58. The first-order valence-corrected chi connectivity index (χ1v) is 11.7.